The smallest absolute Gasteiger partial charge is 0.352 e. The Hall–Kier alpha value is -5.41. The van der Waals surface area contributed by atoms with Crippen molar-refractivity contribution in [2.75, 3.05) is 4.90 Å². The van der Waals surface area contributed by atoms with Gasteiger partial charge in [0.25, 0.3) is 0 Å². The van der Waals surface area contributed by atoms with Crippen LogP contribution in [0.4, 0.5) is 5.69 Å². The van der Waals surface area contributed by atoms with Gasteiger partial charge in [-0.25, -0.2) is 28.4 Å². The van der Waals surface area contributed by atoms with Crippen molar-refractivity contribution in [3.05, 3.63) is 157 Å². The lowest BCUT2D eigenvalue weighted by Crippen LogP contribution is -2.53. The van der Waals surface area contributed by atoms with Crippen LogP contribution in [0.2, 0.25) is 5.02 Å². The van der Waals surface area contributed by atoms with E-state index in [2.05, 4.69) is 0 Å². The second-order valence-electron chi connectivity index (χ2n) is 12.3. The summed E-state index contributed by atoms with van der Waals surface area (Å²) in [5.41, 5.74) is 0.625. The maximum absolute atomic E-state index is 15.2. The molecular formula is C37H29ClN4O5. The molecule has 0 radical (unpaired) electrons. The van der Waals surface area contributed by atoms with Crippen molar-refractivity contribution in [2.24, 2.45) is 5.92 Å². The van der Waals surface area contributed by atoms with E-state index in [1.807, 2.05) is 42.5 Å². The molecule has 4 aromatic carbocycles. The number of hydrogen-bond acceptors (Lipinski definition) is 5. The zero-order chi connectivity index (χ0) is 32.6. The van der Waals surface area contributed by atoms with E-state index in [0.717, 1.165) is 4.57 Å². The van der Waals surface area contributed by atoms with Gasteiger partial charge in [-0.2, -0.15) is 0 Å². The van der Waals surface area contributed by atoms with Gasteiger partial charge in [0.15, 0.2) is 0 Å². The van der Waals surface area contributed by atoms with E-state index in [1.54, 1.807) is 73.7 Å². The molecule has 1 saturated carbocycles. The number of phenolic OH excluding ortho intramolecular Hbond substituents is 1. The van der Waals surface area contributed by atoms with Gasteiger partial charge >= 0.3 is 11.4 Å². The molecule has 47 heavy (non-hydrogen) atoms. The second kappa shape index (κ2) is 10.6. The summed E-state index contributed by atoms with van der Waals surface area (Å²) in [6, 6.07) is 29.1. The van der Waals surface area contributed by atoms with Crippen LogP contribution in [0.25, 0.3) is 5.69 Å². The van der Waals surface area contributed by atoms with Crippen molar-refractivity contribution in [1.29, 1.82) is 0 Å². The van der Waals surface area contributed by atoms with Gasteiger partial charge in [0, 0.05) is 16.5 Å². The molecule has 1 aliphatic carbocycles. The minimum absolute atomic E-state index is 0.00623. The first kappa shape index (κ1) is 29.0. The third-order valence-electron chi connectivity index (χ3n) is 10.0. The molecule has 2 fully saturated rings. The van der Waals surface area contributed by atoms with Crippen molar-refractivity contribution in [3.63, 3.8) is 0 Å². The quantitative estimate of drug-likeness (QED) is 0.212. The molecule has 234 valence electrons. The van der Waals surface area contributed by atoms with Crippen LogP contribution in [-0.2, 0) is 21.5 Å². The highest BCUT2D eigenvalue weighted by molar-refractivity contribution is 6.32. The molecule has 2 aliphatic heterocycles. The summed E-state index contributed by atoms with van der Waals surface area (Å²) >= 11 is 6.36. The van der Waals surface area contributed by atoms with E-state index >= 15 is 4.79 Å². The molecule has 1 N–H and O–H groups in total. The van der Waals surface area contributed by atoms with Crippen LogP contribution >= 0.6 is 11.6 Å². The molecule has 1 saturated heterocycles. The largest absolute Gasteiger partial charge is 0.507 e. The monoisotopic (exact) mass is 644 g/mol. The number of aromatic nitrogens is 3. The van der Waals surface area contributed by atoms with Crippen LogP contribution in [0.5, 0.6) is 5.75 Å². The molecule has 4 atom stereocenters. The second-order valence-corrected chi connectivity index (χ2v) is 12.7. The van der Waals surface area contributed by atoms with Crippen LogP contribution in [-0.4, -0.2) is 30.9 Å². The standard InChI is InChI=1S/C37H29ClN4O5/c1-22-10-8-17-28(32(22)43)31-27-18-19-39-35(46)41(25-14-6-3-7-15-25)36(47)42(39)30(27)21-29-33(44)40(26-16-9-13-24(38)20-26)34(45)37(29,31)23-11-4-2-5-12-23/h2-18,20,29-31,43H,19,21H2,1H3. The van der Waals surface area contributed by atoms with E-state index in [9.17, 15) is 19.5 Å². The Balaban J connectivity index is 1.43. The first-order valence-electron chi connectivity index (χ1n) is 15.4. The molecule has 2 amide bonds. The van der Waals surface area contributed by atoms with Gasteiger partial charge in [-0.05, 0) is 60.4 Å². The summed E-state index contributed by atoms with van der Waals surface area (Å²) in [7, 11) is 0. The zero-order valence-electron chi connectivity index (χ0n) is 25.3. The number of para-hydroxylation sites is 2. The lowest BCUT2D eigenvalue weighted by atomic mass is 9.53. The number of carbonyl (C=O) groups excluding carboxylic acids is 2. The van der Waals surface area contributed by atoms with E-state index in [0.29, 0.717) is 38.7 Å². The normalized spacial score (nSPS) is 23.2. The Labute approximate surface area is 274 Å². The summed E-state index contributed by atoms with van der Waals surface area (Å²) in [6.45, 7) is 1.85. The fourth-order valence-electron chi connectivity index (χ4n) is 8.06. The summed E-state index contributed by atoms with van der Waals surface area (Å²) in [5, 5.41) is 12.0. The predicted molar refractivity (Wildman–Crippen MR) is 177 cm³/mol. The minimum atomic E-state index is -1.48. The number of aromatic hydroxyl groups is 1. The van der Waals surface area contributed by atoms with Crippen LogP contribution in [0, 0.1) is 12.8 Å². The first-order valence-corrected chi connectivity index (χ1v) is 15.8. The molecule has 1 aromatic heterocycles. The van der Waals surface area contributed by atoms with E-state index in [1.165, 1.54) is 14.3 Å². The first-order chi connectivity index (χ1) is 22.7. The third-order valence-corrected chi connectivity index (χ3v) is 10.3. The molecule has 10 heteroatoms. The molecule has 4 unspecified atom stereocenters. The van der Waals surface area contributed by atoms with Gasteiger partial charge in [0.1, 0.15) is 5.75 Å². The summed E-state index contributed by atoms with van der Waals surface area (Å²) < 4.78 is 3.95. The lowest BCUT2D eigenvalue weighted by Gasteiger charge is -2.49. The highest BCUT2D eigenvalue weighted by Crippen LogP contribution is 2.63. The maximum Gasteiger partial charge on any atom is 0.352 e. The van der Waals surface area contributed by atoms with E-state index in [-0.39, 0.29) is 18.7 Å². The van der Waals surface area contributed by atoms with Gasteiger partial charge < -0.3 is 5.11 Å². The fraction of sp³-hybridized carbons (Fsp3) is 0.189. The predicted octanol–water partition coefficient (Wildman–Crippen LogP) is 5.26. The average molecular weight is 645 g/mol. The van der Waals surface area contributed by atoms with Gasteiger partial charge in [0.2, 0.25) is 11.8 Å². The minimum Gasteiger partial charge on any atom is -0.507 e. The van der Waals surface area contributed by atoms with E-state index < -0.39 is 46.5 Å². The van der Waals surface area contributed by atoms with E-state index in [4.69, 9.17) is 11.6 Å². The van der Waals surface area contributed by atoms with Crippen LogP contribution in [0.3, 0.4) is 0 Å². The topological polar surface area (TPSA) is 107 Å². The molecule has 9 nitrogen and oxygen atoms in total. The fourth-order valence-corrected chi connectivity index (χ4v) is 8.25. The molecule has 0 spiro atoms. The van der Waals surface area contributed by atoms with Gasteiger partial charge in [-0.1, -0.05) is 90.5 Å². The number of fused-ring (bicyclic) bond motifs is 4. The Bertz CT molecular complexity index is 2250. The summed E-state index contributed by atoms with van der Waals surface area (Å²) in [6.07, 6.45) is 1.96. The number of aryl methyl sites for hydroxylation is 1. The van der Waals surface area contributed by atoms with Crippen molar-refractivity contribution in [3.8, 4) is 11.4 Å². The summed E-state index contributed by atoms with van der Waals surface area (Å²) in [4.78, 5) is 59.1. The number of hydrogen-bond donors (Lipinski definition) is 1. The summed E-state index contributed by atoms with van der Waals surface area (Å²) in [5.74, 6) is -2.69. The number of allylic oxidation sites excluding steroid dienone is 2. The Morgan fingerprint density at radius 1 is 0.809 bits per heavy atom. The number of anilines is 1. The number of imide groups is 1. The Morgan fingerprint density at radius 3 is 2.21 bits per heavy atom. The molecule has 8 rings (SSSR count). The number of amides is 2. The number of rotatable bonds is 4. The number of phenols is 1. The maximum atomic E-state index is 15.2. The van der Waals surface area contributed by atoms with Crippen LogP contribution in [0.15, 0.2) is 124 Å². The van der Waals surface area contributed by atoms with Crippen LogP contribution < -0.4 is 16.3 Å². The zero-order valence-corrected chi connectivity index (χ0v) is 26.0. The Morgan fingerprint density at radius 2 is 1.49 bits per heavy atom. The number of benzene rings is 4. The van der Waals surface area contributed by atoms with Crippen molar-refractivity contribution in [1.82, 2.24) is 13.9 Å². The molecule has 0 bridgehead atoms. The van der Waals surface area contributed by atoms with Crippen molar-refractivity contribution < 1.29 is 14.7 Å². The van der Waals surface area contributed by atoms with Gasteiger partial charge in [-0.3, -0.25) is 9.59 Å². The molecule has 3 heterocycles. The number of halogens is 1. The van der Waals surface area contributed by atoms with Crippen molar-refractivity contribution in [2.45, 2.75) is 37.3 Å². The van der Waals surface area contributed by atoms with Gasteiger partial charge in [-0.15, -0.1) is 0 Å². The average Bonchev–Trinajstić information content (AvgIpc) is 3.47. The molecular weight excluding hydrogens is 616 g/mol. The third kappa shape index (κ3) is 3.96. The highest BCUT2D eigenvalue weighted by Gasteiger charge is 2.69. The SMILES string of the molecule is Cc1cccc(C2C3=CCn4c(=O)n(-c5ccccc5)c(=O)n4C3CC3C(=O)N(c4cccc(Cl)c4)C(=O)C32c2ccccc2)c1O. The Kier molecular flexibility index (Phi) is 6.53. The van der Waals surface area contributed by atoms with Crippen LogP contribution in [0.1, 0.15) is 35.1 Å². The molecule has 5 aromatic rings. The molecule has 3 aliphatic rings. The van der Waals surface area contributed by atoms with Crippen molar-refractivity contribution >= 4 is 29.1 Å². The number of carbonyl (C=O) groups is 2. The lowest BCUT2D eigenvalue weighted by molar-refractivity contribution is -0.124. The van der Waals surface area contributed by atoms with Gasteiger partial charge in [0.05, 0.1) is 35.3 Å². The number of nitrogens with zero attached hydrogens (tertiary/aromatic N) is 4. The highest BCUT2D eigenvalue weighted by atomic mass is 35.5.